The number of primary amides is 1. The fourth-order valence-corrected chi connectivity index (χ4v) is 4.01. The molecule has 0 aromatic heterocycles. The molecule has 0 aliphatic heterocycles. The minimum Gasteiger partial charge on any atom is -0.490 e. The molecule has 3 N–H and O–H groups in total. The molecule has 0 bridgehead atoms. The SMILES string of the molecule is CCC(CC)(c1ccc(OCC(C)(O)C(C)(C)C)c(C)c1)c1ccc(C(N)=O)c(C)c1. The monoisotopic (exact) mass is 425 g/mol. The second kappa shape index (κ2) is 9.04. The van der Waals surface area contributed by atoms with E-state index in [0.29, 0.717) is 5.56 Å². The molecule has 0 heterocycles. The molecule has 0 spiro atoms. The first-order valence-corrected chi connectivity index (χ1v) is 11.2. The average Bonchev–Trinajstić information content (AvgIpc) is 2.67. The van der Waals surface area contributed by atoms with Gasteiger partial charge in [-0.1, -0.05) is 58.9 Å². The molecule has 0 aliphatic rings. The van der Waals surface area contributed by atoms with Crippen molar-refractivity contribution in [3.8, 4) is 5.75 Å². The third-order valence-corrected chi connectivity index (χ3v) is 7.10. The lowest BCUT2D eigenvalue weighted by Crippen LogP contribution is -2.45. The number of nitrogens with two attached hydrogens (primary N) is 1. The van der Waals surface area contributed by atoms with E-state index in [1.807, 2.05) is 59.7 Å². The molecule has 1 unspecified atom stereocenters. The maximum absolute atomic E-state index is 11.7. The standard InChI is InChI=1S/C27H39NO3/c1-9-27(10-2,20-11-13-22(24(28)29)18(3)15-20)21-12-14-23(19(4)16-21)31-17-26(8,30)25(5,6)7/h11-16,30H,9-10,17H2,1-8H3,(H2,28,29). The van der Waals surface area contributed by atoms with Crippen LogP contribution in [0.25, 0.3) is 0 Å². The Labute approximate surface area is 187 Å². The number of amides is 1. The number of rotatable bonds is 8. The third-order valence-electron chi connectivity index (χ3n) is 7.10. The Kier molecular flexibility index (Phi) is 7.27. The van der Waals surface area contributed by atoms with Crippen molar-refractivity contribution in [3.05, 3.63) is 64.2 Å². The number of aliphatic hydroxyl groups is 1. The van der Waals surface area contributed by atoms with E-state index in [1.54, 1.807) is 0 Å². The summed E-state index contributed by atoms with van der Waals surface area (Å²) in [5, 5.41) is 10.7. The van der Waals surface area contributed by atoms with Gasteiger partial charge in [0, 0.05) is 11.0 Å². The van der Waals surface area contributed by atoms with Crippen molar-refractivity contribution in [2.45, 2.75) is 79.2 Å². The molecular weight excluding hydrogens is 386 g/mol. The first kappa shape index (κ1) is 24.9. The summed E-state index contributed by atoms with van der Waals surface area (Å²) in [6.45, 7) is 16.4. The molecular formula is C27H39NO3. The van der Waals surface area contributed by atoms with Crippen LogP contribution in [-0.2, 0) is 5.41 Å². The van der Waals surface area contributed by atoms with Gasteiger partial charge in [-0.15, -0.1) is 0 Å². The van der Waals surface area contributed by atoms with Crippen LogP contribution in [0, 0.1) is 19.3 Å². The zero-order valence-corrected chi connectivity index (χ0v) is 20.4. The first-order valence-electron chi connectivity index (χ1n) is 11.2. The van der Waals surface area contributed by atoms with Gasteiger partial charge in [0.15, 0.2) is 0 Å². The Bertz CT molecular complexity index is 934. The molecule has 0 saturated carbocycles. The summed E-state index contributed by atoms with van der Waals surface area (Å²) in [6, 6.07) is 12.3. The lowest BCUT2D eigenvalue weighted by atomic mass is 9.70. The van der Waals surface area contributed by atoms with E-state index in [4.69, 9.17) is 10.5 Å². The Morgan fingerprint density at radius 3 is 1.87 bits per heavy atom. The largest absolute Gasteiger partial charge is 0.490 e. The summed E-state index contributed by atoms with van der Waals surface area (Å²) in [5.74, 6) is 0.390. The zero-order valence-electron chi connectivity index (χ0n) is 20.4. The summed E-state index contributed by atoms with van der Waals surface area (Å²) < 4.78 is 6.03. The molecule has 2 rings (SSSR count). The average molecular weight is 426 g/mol. The molecule has 2 aromatic carbocycles. The molecule has 0 saturated heterocycles. The summed E-state index contributed by atoms with van der Waals surface area (Å²) in [6.07, 6.45) is 1.86. The van der Waals surface area contributed by atoms with E-state index in [1.165, 1.54) is 11.1 Å². The van der Waals surface area contributed by atoms with Gasteiger partial charge in [0.25, 0.3) is 0 Å². The highest BCUT2D eigenvalue weighted by Gasteiger charge is 2.36. The first-order chi connectivity index (χ1) is 14.3. The summed E-state index contributed by atoms with van der Waals surface area (Å²) in [7, 11) is 0. The normalized spacial score (nSPS) is 14.2. The fraction of sp³-hybridized carbons (Fsp3) is 0.519. The van der Waals surface area contributed by atoms with E-state index in [2.05, 4.69) is 32.0 Å². The van der Waals surface area contributed by atoms with Gasteiger partial charge in [0.2, 0.25) is 5.91 Å². The van der Waals surface area contributed by atoms with Gasteiger partial charge in [-0.05, 0) is 73.4 Å². The number of carbonyl (C=O) groups is 1. The lowest BCUT2D eigenvalue weighted by Gasteiger charge is -2.37. The predicted molar refractivity (Wildman–Crippen MR) is 128 cm³/mol. The topological polar surface area (TPSA) is 72.6 Å². The van der Waals surface area contributed by atoms with Crippen molar-refractivity contribution in [2.75, 3.05) is 6.61 Å². The highest BCUT2D eigenvalue weighted by Crippen LogP contribution is 2.41. The van der Waals surface area contributed by atoms with Crippen LogP contribution in [0.5, 0.6) is 5.75 Å². The molecule has 0 aliphatic carbocycles. The lowest BCUT2D eigenvalue weighted by molar-refractivity contribution is -0.0725. The van der Waals surface area contributed by atoms with Gasteiger partial charge >= 0.3 is 0 Å². The molecule has 0 fully saturated rings. The number of ether oxygens (including phenoxy) is 1. The van der Waals surface area contributed by atoms with Crippen LogP contribution in [0.15, 0.2) is 36.4 Å². The molecule has 4 nitrogen and oxygen atoms in total. The van der Waals surface area contributed by atoms with Gasteiger partial charge in [0.1, 0.15) is 18.0 Å². The number of hydrogen-bond donors (Lipinski definition) is 2. The zero-order chi connectivity index (χ0) is 23.6. The number of carbonyl (C=O) groups excluding carboxylic acids is 1. The minimum absolute atomic E-state index is 0.166. The molecule has 4 heteroatoms. The van der Waals surface area contributed by atoms with Crippen LogP contribution in [0.1, 0.15) is 87.0 Å². The quantitative estimate of drug-likeness (QED) is 0.571. The van der Waals surface area contributed by atoms with Crippen molar-refractivity contribution in [2.24, 2.45) is 11.1 Å². The van der Waals surface area contributed by atoms with Crippen molar-refractivity contribution < 1.29 is 14.6 Å². The summed E-state index contributed by atoms with van der Waals surface area (Å²) in [4.78, 5) is 11.7. The van der Waals surface area contributed by atoms with Crippen molar-refractivity contribution in [1.82, 2.24) is 0 Å². The van der Waals surface area contributed by atoms with Gasteiger partial charge < -0.3 is 15.6 Å². The van der Waals surface area contributed by atoms with E-state index >= 15 is 0 Å². The number of benzene rings is 2. The van der Waals surface area contributed by atoms with Crippen molar-refractivity contribution in [1.29, 1.82) is 0 Å². The van der Waals surface area contributed by atoms with Crippen LogP contribution < -0.4 is 10.5 Å². The second-order valence-electron chi connectivity index (χ2n) is 9.98. The Hall–Kier alpha value is -2.33. The summed E-state index contributed by atoms with van der Waals surface area (Å²) >= 11 is 0. The maximum Gasteiger partial charge on any atom is 0.248 e. The highest BCUT2D eigenvalue weighted by atomic mass is 16.5. The van der Waals surface area contributed by atoms with Gasteiger partial charge in [-0.25, -0.2) is 0 Å². The molecule has 1 atom stereocenters. The minimum atomic E-state index is -0.936. The van der Waals surface area contributed by atoms with Crippen LogP contribution in [0.2, 0.25) is 0 Å². The maximum atomic E-state index is 11.7. The fourth-order valence-electron chi connectivity index (χ4n) is 4.01. The Morgan fingerprint density at radius 1 is 0.935 bits per heavy atom. The van der Waals surface area contributed by atoms with Crippen LogP contribution in [0.4, 0.5) is 0 Å². The Balaban J connectivity index is 2.42. The highest BCUT2D eigenvalue weighted by molar-refractivity contribution is 5.94. The van der Waals surface area contributed by atoms with E-state index in [-0.39, 0.29) is 17.4 Å². The molecule has 0 radical (unpaired) electrons. The predicted octanol–water partition coefficient (Wildman–Crippen LogP) is 5.68. The molecule has 170 valence electrons. The van der Waals surface area contributed by atoms with Crippen molar-refractivity contribution in [3.63, 3.8) is 0 Å². The van der Waals surface area contributed by atoms with E-state index < -0.39 is 11.5 Å². The number of aryl methyl sites for hydroxylation is 2. The van der Waals surface area contributed by atoms with Gasteiger partial charge in [0.05, 0.1) is 0 Å². The van der Waals surface area contributed by atoms with E-state index in [9.17, 15) is 9.90 Å². The van der Waals surface area contributed by atoms with Gasteiger partial charge in [-0.3, -0.25) is 4.79 Å². The van der Waals surface area contributed by atoms with E-state index in [0.717, 1.165) is 29.7 Å². The molecule has 2 aromatic rings. The molecule has 31 heavy (non-hydrogen) atoms. The Morgan fingerprint density at radius 2 is 1.45 bits per heavy atom. The van der Waals surface area contributed by atoms with Crippen LogP contribution >= 0.6 is 0 Å². The second-order valence-corrected chi connectivity index (χ2v) is 9.98. The summed E-state index contributed by atoms with van der Waals surface area (Å²) in [5.41, 5.74) is 9.03. The van der Waals surface area contributed by atoms with Crippen LogP contribution in [-0.4, -0.2) is 23.2 Å². The molecule has 1 amide bonds. The van der Waals surface area contributed by atoms with Gasteiger partial charge in [-0.2, -0.15) is 0 Å². The van der Waals surface area contributed by atoms with Crippen molar-refractivity contribution >= 4 is 5.91 Å². The third kappa shape index (κ3) is 4.95. The number of hydrogen-bond acceptors (Lipinski definition) is 3. The smallest absolute Gasteiger partial charge is 0.248 e. The van der Waals surface area contributed by atoms with Crippen LogP contribution in [0.3, 0.4) is 0 Å².